The molecule has 0 saturated carbocycles. The van der Waals surface area contributed by atoms with E-state index in [4.69, 9.17) is 0 Å². The molecular weight excluding hydrogens is 310 g/mol. The van der Waals surface area contributed by atoms with Gasteiger partial charge in [-0.25, -0.2) is 0 Å². The van der Waals surface area contributed by atoms with Gasteiger partial charge in [0.25, 0.3) is 5.91 Å². The van der Waals surface area contributed by atoms with Crippen LogP contribution in [0.15, 0.2) is 24.3 Å². The lowest BCUT2D eigenvalue weighted by Crippen LogP contribution is -3.26. The average molecular weight is 336 g/mol. The van der Waals surface area contributed by atoms with Gasteiger partial charge >= 0.3 is 0 Å². The number of H-pyrrole nitrogens is 1. The van der Waals surface area contributed by atoms with Gasteiger partial charge in [-0.05, 0) is 11.6 Å². The van der Waals surface area contributed by atoms with E-state index in [0.29, 0.717) is 11.8 Å². The van der Waals surface area contributed by atoms with Gasteiger partial charge in [0.2, 0.25) is 0 Å². The number of piperazine rings is 1. The number of fused-ring (bicyclic) bond motifs is 4. The first-order valence-corrected chi connectivity index (χ1v) is 9.74. The fourth-order valence-corrected chi connectivity index (χ4v) is 7.01. The van der Waals surface area contributed by atoms with Gasteiger partial charge in [0, 0.05) is 53.6 Å². The molecule has 0 radical (unpaired) electrons. The van der Waals surface area contributed by atoms with E-state index in [-0.39, 0.29) is 16.5 Å². The summed E-state index contributed by atoms with van der Waals surface area (Å²) in [5.74, 6) is 0.849. The van der Waals surface area contributed by atoms with Crippen molar-refractivity contribution in [2.24, 2.45) is 5.92 Å². The number of hydrogen-bond acceptors (Lipinski definition) is 1. The molecule has 5 aliphatic rings. The van der Waals surface area contributed by atoms with E-state index >= 15 is 0 Å². The van der Waals surface area contributed by atoms with Gasteiger partial charge in [0.1, 0.15) is 6.54 Å². The van der Waals surface area contributed by atoms with E-state index < -0.39 is 0 Å². The summed E-state index contributed by atoms with van der Waals surface area (Å²) in [4.78, 5) is 18.4. The van der Waals surface area contributed by atoms with Crippen LogP contribution in [0.5, 0.6) is 0 Å². The first-order chi connectivity index (χ1) is 12.0. The Labute approximate surface area is 148 Å². The molecule has 4 aliphatic heterocycles. The van der Waals surface area contributed by atoms with Crippen LogP contribution < -0.4 is 10.2 Å². The molecule has 4 fully saturated rings. The zero-order chi connectivity index (χ0) is 17.0. The number of para-hydroxylation sites is 1. The number of piperidine rings is 2. The Balaban J connectivity index is 1.60. The quantitative estimate of drug-likeness (QED) is 0.667. The van der Waals surface area contributed by atoms with Crippen molar-refractivity contribution in [2.45, 2.75) is 56.0 Å². The zero-order valence-electron chi connectivity index (χ0n) is 15.0. The molecular formula is C21H26N3O+. The lowest BCUT2D eigenvalue weighted by atomic mass is 9.51. The number of quaternary nitrogens is 1. The molecule has 1 aromatic heterocycles. The number of hydrogen-bond donors (Lipinski definition) is 3. The van der Waals surface area contributed by atoms with Crippen molar-refractivity contribution in [3.8, 4) is 0 Å². The number of aromatic nitrogens is 1. The second kappa shape index (κ2) is 4.12. The fraction of sp³-hybridized carbons (Fsp3) is 0.571. The summed E-state index contributed by atoms with van der Waals surface area (Å²) >= 11 is 0. The van der Waals surface area contributed by atoms with Crippen molar-refractivity contribution in [1.82, 2.24) is 10.3 Å². The molecule has 2 spiro atoms. The van der Waals surface area contributed by atoms with Gasteiger partial charge in [-0.2, -0.15) is 0 Å². The Kier molecular flexibility index (Phi) is 2.37. The molecule has 7 rings (SSSR count). The number of rotatable bonds is 0. The van der Waals surface area contributed by atoms with Crippen LogP contribution in [-0.4, -0.2) is 35.1 Å². The maximum absolute atomic E-state index is 13.1. The van der Waals surface area contributed by atoms with E-state index in [2.05, 4.69) is 48.4 Å². The SMILES string of the molecule is CC1(C)c2[nH]c3ccccc3c2C[C@@]23C[NH+]4CCC[C@]4(C[C@@H]12)C(=O)N3. The van der Waals surface area contributed by atoms with Gasteiger partial charge in [-0.3, -0.25) is 4.79 Å². The molecule has 130 valence electrons. The molecule has 4 saturated heterocycles. The normalized spacial score (nSPS) is 40.5. The van der Waals surface area contributed by atoms with E-state index in [1.807, 2.05) is 0 Å². The summed E-state index contributed by atoms with van der Waals surface area (Å²) in [5.41, 5.74) is 3.92. The topological polar surface area (TPSA) is 49.3 Å². The van der Waals surface area contributed by atoms with E-state index in [1.165, 1.54) is 35.1 Å². The van der Waals surface area contributed by atoms with E-state index in [1.54, 1.807) is 4.90 Å². The maximum Gasteiger partial charge on any atom is 0.282 e. The standard InChI is InChI=1S/C21H25N3O/c1-19(2)16-11-21-8-5-9-24(21)12-20(16,23-18(21)25)10-14-13-6-3-4-7-15(13)22-17(14)19/h3-4,6-7,16,22H,5,8-12H2,1-2H3,(H,23,25)/p+1/t16-,20+,21-/m0/s1. The third-order valence-corrected chi connectivity index (χ3v) is 8.13. The van der Waals surface area contributed by atoms with Crippen molar-refractivity contribution in [3.63, 3.8) is 0 Å². The molecule has 4 heteroatoms. The van der Waals surface area contributed by atoms with Crippen molar-refractivity contribution in [1.29, 1.82) is 0 Å². The highest BCUT2D eigenvalue weighted by Gasteiger charge is 2.71. The number of carbonyl (C=O) groups is 1. The average Bonchev–Trinajstić information content (AvgIpc) is 3.16. The minimum absolute atomic E-state index is 0.0570. The molecule has 3 N–H and O–H groups in total. The number of carbonyl (C=O) groups excluding carboxylic acids is 1. The molecule has 25 heavy (non-hydrogen) atoms. The summed E-state index contributed by atoms with van der Waals surface area (Å²) in [6, 6.07) is 8.65. The van der Waals surface area contributed by atoms with Crippen LogP contribution in [0, 0.1) is 5.92 Å². The second-order valence-electron chi connectivity index (χ2n) is 9.51. The minimum atomic E-state index is -0.146. The number of benzene rings is 1. The molecule has 4 atom stereocenters. The number of amides is 1. The highest BCUT2D eigenvalue weighted by atomic mass is 16.2. The zero-order valence-corrected chi connectivity index (χ0v) is 15.0. The third kappa shape index (κ3) is 1.48. The van der Waals surface area contributed by atoms with Crippen LogP contribution >= 0.6 is 0 Å². The van der Waals surface area contributed by atoms with Crippen molar-refractivity contribution >= 4 is 16.8 Å². The summed E-state index contributed by atoms with van der Waals surface area (Å²) in [6.45, 7) is 7.06. The summed E-state index contributed by atoms with van der Waals surface area (Å²) < 4.78 is 0. The van der Waals surface area contributed by atoms with Gasteiger partial charge < -0.3 is 15.2 Å². The Hall–Kier alpha value is -1.81. The largest absolute Gasteiger partial charge is 0.358 e. The molecule has 1 unspecified atom stereocenters. The van der Waals surface area contributed by atoms with E-state index in [0.717, 1.165) is 25.8 Å². The van der Waals surface area contributed by atoms with Gasteiger partial charge in [0.15, 0.2) is 5.54 Å². The summed E-state index contributed by atoms with van der Waals surface area (Å²) in [5, 5.41) is 4.91. The monoisotopic (exact) mass is 336 g/mol. The lowest BCUT2D eigenvalue weighted by Gasteiger charge is -2.63. The van der Waals surface area contributed by atoms with Crippen LogP contribution in [0.1, 0.15) is 44.4 Å². The smallest absolute Gasteiger partial charge is 0.282 e. The van der Waals surface area contributed by atoms with E-state index in [9.17, 15) is 4.79 Å². The van der Waals surface area contributed by atoms with Crippen molar-refractivity contribution < 1.29 is 9.69 Å². The van der Waals surface area contributed by atoms with Crippen LogP contribution in [0.2, 0.25) is 0 Å². The molecule has 5 heterocycles. The molecule has 4 nitrogen and oxygen atoms in total. The van der Waals surface area contributed by atoms with Gasteiger partial charge in [0.05, 0.1) is 12.1 Å². The summed E-state index contributed by atoms with van der Waals surface area (Å²) in [7, 11) is 0. The Morgan fingerprint density at radius 2 is 2.08 bits per heavy atom. The number of aromatic amines is 1. The van der Waals surface area contributed by atoms with Crippen LogP contribution in [0.25, 0.3) is 10.9 Å². The minimum Gasteiger partial charge on any atom is -0.358 e. The summed E-state index contributed by atoms with van der Waals surface area (Å²) in [6.07, 6.45) is 4.29. The Bertz CT molecular complexity index is 928. The maximum atomic E-state index is 13.1. The van der Waals surface area contributed by atoms with Crippen LogP contribution in [-0.2, 0) is 16.6 Å². The van der Waals surface area contributed by atoms with Crippen molar-refractivity contribution in [2.75, 3.05) is 13.1 Å². The van der Waals surface area contributed by atoms with Gasteiger partial charge in [-0.1, -0.05) is 32.0 Å². The van der Waals surface area contributed by atoms with Crippen LogP contribution in [0.4, 0.5) is 0 Å². The first-order valence-electron chi connectivity index (χ1n) is 9.74. The number of nitrogens with one attached hydrogen (secondary N) is 3. The Morgan fingerprint density at radius 1 is 1.24 bits per heavy atom. The van der Waals surface area contributed by atoms with Crippen LogP contribution in [0.3, 0.4) is 0 Å². The second-order valence-corrected chi connectivity index (χ2v) is 9.51. The molecule has 1 amide bonds. The molecule has 2 bridgehead atoms. The third-order valence-electron chi connectivity index (χ3n) is 8.13. The van der Waals surface area contributed by atoms with Crippen molar-refractivity contribution in [3.05, 3.63) is 35.5 Å². The lowest BCUT2D eigenvalue weighted by molar-refractivity contribution is -0.944. The predicted octanol–water partition coefficient (Wildman–Crippen LogP) is 1.31. The highest BCUT2D eigenvalue weighted by molar-refractivity contribution is 5.89. The predicted molar refractivity (Wildman–Crippen MR) is 96.7 cm³/mol. The Morgan fingerprint density at radius 3 is 2.96 bits per heavy atom. The molecule has 2 aromatic rings. The van der Waals surface area contributed by atoms with Gasteiger partial charge in [-0.15, -0.1) is 0 Å². The molecule has 1 aliphatic carbocycles. The fourth-order valence-electron chi connectivity index (χ4n) is 7.01. The first kappa shape index (κ1) is 14.4. The highest BCUT2D eigenvalue weighted by Crippen LogP contribution is 2.54. The molecule has 1 aromatic carbocycles.